The Kier molecular flexibility index (Phi) is 5.32. The standard InChI is InChI=1S/C18H17BrN2O5/c1-10-3-5-14(13(19)7-10)26-11(2)17(22)20-21-18(23)12-4-6-15-16(8-12)25-9-24-15/h3-8,11H,9H2,1-2H3,(H,20,22)(H,21,23)/t11-/m1/s1. The molecule has 0 radical (unpaired) electrons. The van der Waals surface area contributed by atoms with Crippen molar-refractivity contribution in [3.63, 3.8) is 0 Å². The van der Waals surface area contributed by atoms with Gasteiger partial charge in [-0.3, -0.25) is 20.4 Å². The summed E-state index contributed by atoms with van der Waals surface area (Å²) in [5.74, 6) is 0.661. The van der Waals surface area contributed by atoms with Crippen LogP contribution in [-0.2, 0) is 4.79 Å². The second kappa shape index (κ2) is 7.65. The Balaban J connectivity index is 1.55. The monoisotopic (exact) mass is 420 g/mol. The second-order valence-corrected chi connectivity index (χ2v) is 6.56. The fraction of sp³-hybridized carbons (Fsp3) is 0.222. The molecule has 0 saturated carbocycles. The van der Waals surface area contributed by atoms with Crippen LogP contribution < -0.4 is 25.1 Å². The average Bonchev–Trinajstić information content (AvgIpc) is 3.09. The van der Waals surface area contributed by atoms with Crippen LogP contribution in [0.15, 0.2) is 40.9 Å². The predicted octanol–water partition coefficient (Wildman–Crippen LogP) is 2.71. The van der Waals surface area contributed by atoms with Gasteiger partial charge in [-0.25, -0.2) is 0 Å². The molecule has 1 aliphatic rings. The van der Waals surface area contributed by atoms with E-state index in [9.17, 15) is 9.59 Å². The van der Waals surface area contributed by atoms with Crippen molar-refractivity contribution in [1.29, 1.82) is 0 Å². The van der Waals surface area contributed by atoms with E-state index in [0.29, 0.717) is 22.8 Å². The number of hydrazine groups is 1. The maximum Gasteiger partial charge on any atom is 0.279 e. The van der Waals surface area contributed by atoms with E-state index in [-0.39, 0.29) is 6.79 Å². The zero-order chi connectivity index (χ0) is 18.7. The van der Waals surface area contributed by atoms with Crippen LogP contribution >= 0.6 is 15.9 Å². The lowest BCUT2D eigenvalue weighted by molar-refractivity contribution is -0.128. The molecule has 1 heterocycles. The summed E-state index contributed by atoms with van der Waals surface area (Å²) in [6, 6.07) is 10.3. The highest BCUT2D eigenvalue weighted by Gasteiger charge is 2.19. The Bertz CT molecular complexity index is 855. The van der Waals surface area contributed by atoms with E-state index in [1.165, 1.54) is 0 Å². The molecule has 0 aromatic heterocycles. The fourth-order valence-corrected chi connectivity index (χ4v) is 2.86. The fourth-order valence-electron chi connectivity index (χ4n) is 2.28. The molecule has 0 bridgehead atoms. The number of hydrogen-bond acceptors (Lipinski definition) is 5. The number of benzene rings is 2. The van der Waals surface area contributed by atoms with Crippen molar-refractivity contribution in [3.05, 3.63) is 52.0 Å². The Morgan fingerprint density at radius 1 is 1.12 bits per heavy atom. The molecule has 2 aromatic carbocycles. The minimum Gasteiger partial charge on any atom is -0.480 e. The zero-order valence-electron chi connectivity index (χ0n) is 14.2. The maximum absolute atomic E-state index is 12.2. The van der Waals surface area contributed by atoms with Gasteiger partial charge in [-0.05, 0) is 65.7 Å². The number of carbonyl (C=O) groups is 2. The molecule has 1 aliphatic heterocycles. The van der Waals surface area contributed by atoms with Gasteiger partial charge in [-0.1, -0.05) is 6.07 Å². The van der Waals surface area contributed by atoms with Crippen molar-refractivity contribution < 1.29 is 23.8 Å². The van der Waals surface area contributed by atoms with Crippen LogP contribution in [0.5, 0.6) is 17.2 Å². The smallest absolute Gasteiger partial charge is 0.279 e. The van der Waals surface area contributed by atoms with Crippen molar-refractivity contribution in [1.82, 2.24) is 10.9 Å². The number of halogens is 1. The summed E-state index contributed by atoms with van der Waals surface area (Å²) in [7, 11) is 0. The predicted molar refractivity (Wildman–Crippen MR) is 97.1 cm³/mol. The molecule has 2 amide bonds. The summed E-state index contributed by atoms with van der Waals surface area (Å²) >= 11 is 3.39. The third-order valence-electron chi connectivity index (χ3n) is 3.69. The summed E-state index contributed by atoms with van der Waals surface area (Å²) in [5, 5.41) is 0. The quantitative estimate of drug-likeness (QED) is 0.742. The maximum atomic E-state index is 12.2. The van der Waals surface area contributed by atoms with Crippen molar-refractivity contribution in [2.45, 2.75) is 20.0 Å². The number of fused-ring (bicyclic) bond motifs is 1. The van der Waals surface area contributed by atoms with Crippen molar-refractivity contribution in [2.75, 3.05) is 6.79 Å². The highest BCUT2D eigenvalue weighted by atomic mass is 79.9. The third kappa shape index (κ3) is 4.08. The molecule has 7 nitrogen and oxygen atoms in total. The number of ether oxygens (including phenoxy) is 3. The van der Waals surface area contributed by atoms with Crippen LogP contribution in [0.3, 0.4) is 0 Å². The number of hydrogen-bond donors (Lipinski definition) is 2. The largest absolute Gasteiger partial charge is 0.480 e. The third-order valence-corrected chi connectivity index (χ3v) is 4.31. The molecule has 2 aromatic rings. The molecule has 2 N–H and O–H groups in total. The lowest BCUT2D eigenvalue weighted by atomic mass is 10.2. The van der Waals surface area contributed by atoms with Gasteiger partial charge in [0.15, 0.2) is 17.6 Å². The lowest BCUT2D eigenvalue weighted by Crippen LogP contribution is -2.47. The van der Waals surface area contributed by atoms with Crippen LogP contribution in [0.1, 0.15) is 22.8 Å². The summed E-state index contributed by atoms with van der Waals surface area (Å²) in [6.07, 6.45) is -0.800. The van der Waals surface area contributed by atoms with Crippen molar-refractivity contribution in [2.24, 2.45) is 0 Å². The number of amides is 2. The molecule has 136 valence electrons. The molecular weight excluding hydrogens is 404 g/mol. The average molecular weight is 421 g/mol. The van der Waals surface area contributed by atoms with E-state index < -0.39 is 17.9 Å². The van der Waals surface area contributed by atoms with Crippen LogP contribution in [0, 0.1) is 6.92 Å². The van der Waals surface area contributed by atoms with Crippen LogP contribution in [-0.4, -0.2) is 24.7 Å². The van der Waals surface area contributed by atoms with Gasteiger partial charge >= 0.3 is 0 Å². The Morgan fingerprint density at radius 3 is 2.65 bits per heavy atom. The Morgan fingerprint density at radius 2 is 1.88 bits per heavy atom. The van der Waals surface area contributed by atoms with Gasteiger partial charge < -0.3 is 14.2 Å². The number of aryl methyl sites for hydroxylation is 1. The van der Waals surface area contributed by atoms with Crippen LogP contribution in [0.4, 0.5) is 0 Å². The first kappa shape index (κ1) is 18.1. The molecule has 0 spiro atoms. The highest BCUT2D eigenvalue weighted by Crippen LogP contribution is 2.32. The van der Waals surface area contributed by atoms with Gasteiger partial charge in [0.2, 0.25) is 6.79 Å². The molecule has 0 fully saturated rings. The summed E-state index contributed by atoms with van der Waals surface area (Å²) in [4.78, 5) is 24.3. The van der Waals surface area contributed by atoms with Gasteiger partial charge in [0.25, 0.3) is 11.8 Å². The summed E-state index contributed by atoms with van der Waals surface area (Å²) < 4.78 is 16.8. The first-order valence-electron chi connectivity index (χ1n) is 7.86. The zero-order valence-corrected chi connectivity index (χ0v) is 15.8. The van der Waals surface area contributed by atoms with Gasteiger partial charge in [0.05, 0.1) is 4.47 Å². The Hall–Kier alpha value is -2.74. The first-order chi connectivity index (χ1) is 12.4. The van der Waals surface area contributed by atoms with Gasteiger partial charge in [0.1, 0.15) is 5.75 Å². The number of rotatable bonds is 4. The topological polar surface area (TPSA) is 85.9 Å². The molecule has 0 aliphatic carbocycles. The molecule has 0 unspecified atom stereocenters. The molecule has 0 saturated heterocycles. The molecular formula is C18H17BrN2O5. The highest BCUT2D eigenvalue weighted by molar-refractivity contribution is 9.10. The summed E-state index contributed by atoms with van der Waals surface area (Å²) in [5.41, 5.74) is 6.11. The summed E-state index contributed by atoms with van der Waals surface area (Å²) in [6.45, 7) is 3.67. The van der Waals surface area contributed by atoms with Crippen LogP contribution in [0.25, 0.3) is 0 Å². The number of nitrogens with one attached hydrogen (secondary N) is 2. The minimum atomic E-state index is -0.800. The van der Waals surface area contributed by atoms with Crippen molar-refractivity contribution >= 4 is 27.7 Å². The van der Waals surface area contributed by atoms with Crippen LogP contribution in [0.2, 0.25) is 0 Å². The Labute approximate surface area is 158 Å². The number of carbonyl (C=O) groups excluding carboxylic acids is 2. The SMILES string of the molecule is Cc1ccc(O[C@H](C)C(=O)NNC(=O)c2ccc3c(c2)OCO3)c(Br)c1. The van der Waals surface area contributed by atoms with E-state index in [0.717, 1.165) is 10.0 Å². The van der Waals surface area contributed by atoms with E-state index in [1.807, 2.05) is 19.1 Å². The molecule has 1 atom stereocenters. The van der Waals surface area contributed by atoms with E-state index in [4.69, 9.17) is 14.2 Å². The van der Waals surface area contributed by atoms with Gasteiger partial charge in [-0.2, -0.15) is 0 Å². The van der Waals surface area contributed by atoms with E-state index >= 15 is 0 Å². The molecule has 8 heteroatoms. The van der Waals surface area contributed by atoms with Crippen molar-refractivity contribution in [3.8, 4) is 17.2 Å². The van der Waals surface area contributed by atoms with Gasteiger partial charge in [-0.15, -0.1) is 0 Å². The van der Waals surface area contributed by atoms with E-state index in [1.54, 1.807) is 31.2 Å². The molecule has 26 heavy (non-hydrogen) atoms. The second-order valence-electron chi connectivity index (χ2n) is 5.71. The van der Waals surface area contributed by atoms with Gasteiger partial charge in [0, 0.05) is 5.56 Å². The lowest BCUT2D eigenvalue weighted by Gasteiger charge is -2.16. The molecule has 3 rings (SSSR count). The van der Waals surface area contributed by atoms with E-state index in [2.05, 4.69) is 26.8 Å². The normalized spacial score (nSPS) is 13.0. The first-order valence-corrected chi connectivity index (χ1v) is 8.66. The minimum absolute atomic E-state index is 0.126.